The van der Waals surface area contributed by atoms with E-state index >= 15 is 0 Å². The van der Waals surface area contributed by atoms with Gasteiger partial charge in [-0.1, -0.05) is 65.2 Å². The van der Waals surface area contributed by atoms with Crippen molar-refractivity contribution in [2.75, 3.05) is 5.73 Å². The minimum atomic E-state index is 0.720. The highest BCUT2D eigenvalue weighted by atomic mass is 35.5. The van der Waals surface area contributed by atoms with Gasteiger partial charge in [-0.25, -0.2) is 0 Å². The highest BCUT2D eigenvalue weighted by Crippen LogP contribution is 2.30. The molecule has 25 heavy (non-hydrogen) atoms. The predicted molar refractivity (Wildman–Crippen MR) is 109 cm³/mol. The monoisotopic (exact) mass is 367 g/mol. The fourth-order valence-electron chi connectivity index (χ4n) is 2.76. The lowest BCUT2D eigenvalue weighted by molar-refractivity contribution is 1.27. The minimum Gasteiger partial charge on any atom is -0.398 e. The van der Waals surface area contributed by atoms with Crippen LogP contribution in [-0.2, 0) is 6.42 Å². The number of aryl methyl sites for hydroxylation is 1. The summed E-state index contributed by atoms with van der Waals surface area (Å²) in [6, 6.07) is 21.9. The van der Waals surface area contributed by atoms with Crippen LogP contribution in [0.4, 0.5) is 5.69 Å². The Morgan fingerprint density at radius 2 is 1.48 bits per heavy atom. The lowest BCUT2D eigenvalue weighted by atomic mass is 9.93. The van der Waals surface area contributed by atoms with Gasteiger partial charge in [0.1, 0.15) is 0 Å². The second-order valence-electron chi connectivity index (χ2n) is 6.05. The van der Waals surface area contributed by atoms with Crippen LogP contribution >= 0.6 is 23.2 Å². The average molecular weight is 368 g/mol. The molecule has 0 aromatic heterocycles. The van der Waals surface area contributed by atoms with Gasteiger partial charge in [-0.2, -0.15) is 0 Å². The van der Waals surface area contributed by atoms with E-state index in [2.05, 4.69) is 19.1 Å². The average Bonchev–Trinajstić information content (AvgIpc) is 2.61. The van der Waals surface area contributed by atoms with E-state index in [-0.39, 0.29) is 0 Å². The molecule has 0 aliphatic heterocycles. The van der Waals surface area contributed by atoms with Crippen molar-refractivity contribution < 1.29 is 0 Å². The largest absolute Gasteiger partial charge is 0.398 e. The lowest BCUT2D eigenvalue weighted by Crippen LogP contribution is -1.97. The Morgan fingerprint density at radius 3 is 2.12 bits per heavy atom. The molecule has 0 amide bonds. The number of rotatable bonds is 4. The number of halogens is 2. The number of nitrogen functional groups attached to an aromatic ring is 1. The molecule has 0 atom stereocenters. The van der Waals surface area contributed by atoms with Crippen LogP contribution in [0.25, 0.3) is 5.57 Å². The third-order valence-corrected chi connectivity index (χ3v) is 4.61. The maximum absolute atomic E-state index is 6.26. The number of benzene rings is 3. The van der Waals surface area contributed by atoms with E-state index in [0.717, 1.165) is 38.9 Å². The zero-order valence-corrected chi connectivity index (χ0v) is 15.5. The normalized spacial score (nSPS) is 11.6. The van der Waals surface area contributed by atoms with Gasteiger partial charge >= 0.3 is 0 Å². The third kappa shape index (κ3) is 4.45. The molecule has 3 rings (SSSR count). The molecule has 0 saturated carbocycles. The Balaban J connectivity index is 2.04. The molecular weight excluding hydrogens is 349 g/mol. The summed E-state index contributed by atoms with van der Waals surface area (Å²) in [5.41, 5.74) is 12.6. The third-order valence-electron chi connectivity index (χ3n) is 4.11. The van der Waals surface area contributed by atoms with Gasteiger partial charge < -0.3 is 5.73 Å². The summed E-state index contributed by atoms with van der Waals surface area (Å²) in [6.45, 7) is 2.07. The summed E-state index contributed by atoms with van der Waals surface area (Å²) in [6.07, 6.45) is 3.00. The van der Waals surface area contributed by atoms with Crippen LogP contribution in [0.5, 0.6) is 0 Å². The number of allylic oxidation sites excluding steroid dienone is 1. The van der Waals surface area contributed by atoms with Crippen LogP contribution in [0, 0.1) is 6.92 Å². The predicted octanol–water partition coefficient (Wildman–Crippen LogP) is 6.56. The number of anilines is 1. The van der Waals surface area contributed by atoms with Crippen LogP contribution in [-0.4, -0.2) is 0 Å². The fourth-order valence-corrected chi connectivity index (χ4v) is 3.01. The van der Waals surface area contributed by atoms with Crippen LogP contribution in [0.3, 0.4) is 0 Å². The molecule has 3 aromatic carbocycles. The first-order chi connectivity index (χ1) is 12.0. The smallest absolute Gasteiger partial charge is 0.0406 e. The van der Waals surface area contributed by atoms with E-state index in [1.54, 1.807) is 0 Å². The van der Waals surface area contributed by atoms with Crippen molar-refractivity contribution in [2.24, 2.45) is 0 Å². The van der Waals surface area contributed by atoms with Crippen molar-refractivity contribution in [1.82, 2.24) is 0 Å². The Morgan fingerprint density at radius 1 is 0.880 bits per heavy atom. The van der Waals surface area contributed by atoms with E-state index < -0.39 is 0 Å². The van der Waals surface area contributed by atoms with Gasteiger partial charge in [0.05, 0.1) is 0 Å². The van der Waals surface area contributed by atoms with Gasteiger partial charge in [0, 0.05) is 21.3 Å². The fraction of sp³-hybridized carbons (Fsp3) is 0.0909. The van der Waals surface area contributed by atoms with Gasteiger partial charge in [0.2, 0.25) is 0 Å². The molecule has 126 valence electrons. The summed E-state index contributed by atoms with van der Waals surface area (Å²) >= 11 is 12.0. The summed E-state index contributed by atoms with van der Waals surface area (Å²) in [5, 5.41) is 1.46. The van der Waals surface area contributed by atoms with E-state index in [4.69, 9.17) is 28.9 Å². The van der Waals surface area contributed by atoms with Gasteiger partial charge in [-0.05, 0) is 66.4 Å². The quantitative estimate of drug-likeness (QED) is 0.519. The maximum atomic E-state index is 6.26. The molecule has 2 N–H and O–H groups in total. The number of nitrogens with two attached hydrogens (primary N) is 1. The second kappa shape index (κ2) is 7.77. The van der Waals surface area contributed by atoms with Crippen molar-refractivity contribution in [1.29, 1.82) is 0 Å². The summed E-state index contributed by atoms with van der Waals surface area (Å²) in [4.78, 5) is 0. The molecule has 1 nitrogen and oxygen atoms in total. The van der Waals surface area contributed by atoms with Gasteiger partial charge in [-0.3, -0.25) is 0 Å². The second-order valence-corrected chi connectivity index (χ2v) is 6.92. The van der Waals surface area contributed by atoms with Gasteiger partial charge in [0.15, 0.2) is 0 Å². The van der Waals surface area contributed by atoms with Crippen molar-refractivity contribution in [3.63, 3.8) is 0 Å². The molecule has 0 heterocycles. The van der Waals surface area contributed by atoms with Gasteiger partial charge in [-0.15, -0.1) is 0 Å². The Kier molecular flexibility index (Phi) is 5.47. The molecule has 3 heteroatoms. The van der Waals surface area contributed by atoms with E-state index in [0.29, 0.717) is 0 Å². The maximum Gasteiger partial charge on any atom is 0.0406 e. The molecule has 0 aliphatic carbocycles. The SMILES string of the molecule is Cc1ccc(N)c(C(=CCc2ccc(Cl)cc2)c2ccc(Cl)cc2)c1. The number of hydrogen-bond donors (Lipinski definition) is 1. The Hall–Kier alpha value is -2.22. The van der Waals surface area contributed by atoms with E-state index in [9.17, 15) is 0 Å². The minimum absolute atomic E-state index is 0.720. The first-order valence-corrected chi connectivity index (χ1v) is 8.85. The van der Waals surface area contributed by atoms with Crippen molar-refractivity contribution in [3.05, 3.63) is 105 Å². The summed E-state index contributed by atoms with van der Waals surface area (Å²) < 4.78 is 0. The first kappa shape index (κ1) is 17.6. The standard InChI is InChI=1S/C22H19Cl2N/c1-15-2-13-22(25)21(14-15)20(17-6-10-19(24)11-7-17)12-5-16-3-8-18(23)9-4-16/h2-4,6-14H,5,25H2,1H3. The zero-order valence-electron chi connectivity index (χ0n) is 14.0. The first-order valence-electron chi connectivity index (χ1n) is 8.10. The molecule has 0 saturated heterocycles. The van der Waals surface area contributed by atoms with E-state index in [1.807, 2.05) is 60.7 Å². The van der Waals surface area contributed by atoms with Crippen LogP contribution < -0.4 is 5.73 Å². The molecule has 0 radical (unpaired) electrons. The molecule has 0 aliphatic rings. The summed E-state index contributed by atoms with van der Waals surface area (Å²) in [5.74, 6) is 0. The Bertz CT molecular complexity index is 894. The molecule has 0 fully saturated rings. The lowest BCUT2D eigenvalue weighted by Gasteiger charge is -2.13. The molecular formula is C22H19Cl2N. The van der Waals surface area contributed by atoms with Crippen LogP contribution in [0.2, 0.25) is 10.0 Å². The zero-order chi connectivity index (χ0) is 17.8. The van der Waals surface area contributed by atoms with E-state index in [1.165, 1.54) is 11.1 Å². The van der Waals surface area contributed by atoms with Crippen molar-refractivity contribution >= 4 is 34.5 Å². The summed E-state index contributed by atoms with van der Waals surface area (Å²) in [7, 11) is 0. The van der Waals surface area contributed by atoms with Crippen molar-refractivity contribution in [3.8, 4) is 0 Å². The topological polar surface area (TPSA) is 26.0 Å². The van der Waals surface area contributed by atoms with Crippen LogP contribution in [0.1, 0.15) is 22.3 Å². The van der Waals surface area contributed by atoms with Gasteiger partial charge in [0.25, 0.3) is 0 Å². The van der Waals surface area contributed by atoms with Crippen LogP contribution in [0.15, 0.2) is 72.8 Å². The number of hydrogen-bond acceptors (Lipinski definition) is 1. The highest BCUT2D eigenvalue weighted by Gasteiger charge is 2.09. The molecule has 0 bridgehead atoms. The highest BCUT2D eigenvalue weighted by molar-refractivity contribution is 6.30. The molecule has 3 aromatic rings. The van der Waals surface area contributed by atoms with Crippen molar-refractivity contribution in [2.45, 2.75) is 13.3 Å². The molecule has 0 unspecified atom stereocenters. The Labute approximate surface area is 158 Å². The molecule has 0 spiro atoms.